The number of aromatic hydroxyl groups is 1. The third-order valence-electron chi connectivity index (χ3n) is 2.72. The van der Waals surface area contributed by atoms with E-state index in [0.717, 1.165) is 6.07 Å². The van der Waals surface area contributed by atoms with E-state index in [4.69, 9.17) is 5.11 Å². The number of aromatic carboxylic acids is 1. The number of carboxylic acids is 1. The molecule has 0 atom stereocenters. The molecule has 0 radical (unpaired) electrons. The fraction of sp³-hybridized carbons (Fsp3) is 0.0714. The molecule has 18 heavy (non-hydrogen) atoms. The Kier molecular flexibility index (Phi) is 3.02. The van der Waals surface area contributed by atoms with Crippen LogP contribution in [0.3, 0.4) is 0 Å². The molecule has 0 spiro atoms. The van der Waals surface area contributed by atoms with Crippen molar-refractivity contribution in [1.82, 2.24) is 0 Å². The smallest absolute Gasteiger partial charge is 0.335 e. The highest BCUT2D eigenvalue weighted by atomic mass is 19.1. The van der Waals surface area contributed by atoms with Gasteiger partial charge in [-0.1, -0.05) is 6.07 Å². The zero-order chi connectivity index (χ0) is 13.3. The summed E-state index contributed by atoms with van der Waals surface area (Å²) in [5.74, 6) is -1.69. The van der Waals surface area contributed by atoms with Crippen LogP contribution in [0, 0.1) is 12.7 Å². The van der Waals surface area contributed by atoms with Gasteiger partial charge in [0.1, 0.15) is 11.6 Å². The lowest BCUT2D eigenvalue weighted by Crippen LogP contribution is -1.97. The van der Waals surface area contributed by atoms with Crippen LogP contribution in [-0.4, -0.2) is 16.2 Å². The van der Waals surface area contributed by atoms with Crippen molar-refractivity contribution in [2.75, 3.05) is 0 Å². The predicted molar refractivity (Wildman–Crippen MR) is 65.2 cm³/mol. The van der Waals surface area contributed by atoms with E-state index in [1.807, 2.05) is 0 Å². The topological polar surface area (TPSA) is 57.5 Å². The number of benzene rings is 2. The molecule has 0 aromatic heterocycles. The molecule has 0 saturated carbocycles. The van der Waals surface area contributed by atoms with Crippen LogP contribution >= 0.6 is 0 Å². The van der Waals surface area contributed by atoms with Crippen molar-refractivity contribution in [2.24, 2.45) is 0 Å². The molecule has 0 unspecified atom stereocenters. The normalized spacial score (nSPS) is 10.3. The number of halogens is 1. The first-order valence-electron chi connectivity index (χ1n) is 5.32. The Hall–Kier alpha value is -2.36. The average Bonchev–Trinajstić information content (AvgIpc) is 2.30. The van der Waals surface area contributed by atoms with Crippen molar-refractivity contribution in [3.63, 3.8) is 0 Å². The molecule has 0 aliphatic rings. The van der Waals surface area contributed by atoms with Gasteiger partial charge in [0, 0.05) is 11.6 Å². The second-order valence-electron chi connectivity index (χ2n) is 4.00. The summed E-state index contributed by atoms with van der Waals surface area (Å²) in [6.45, 7) is 1.74. The van der Waals surface area contributed by atoms with Gasteiger partial charge in [-0.15, -0.1) is 0 Å². The molecule has 2 N–H and O–H groups in total. The largest absolute Gasteiger partial charge is 0.507 e. The number of hydrogen-bond donors (Lipinski definition) is 2. The van der Waals surface area contributed by atoms with Gasteiger partial charge in [0.05, 0.1) is 5.56 Å². The van der Waals surface area contributed by atoms with Crippen LogP contribution in [-0.2, 0) is 0 Å². The molecule has 0 bridgehead atoms. The molecule has 92 valence electrons. The predicted octanol–water partition coefficient (Wildman–Crippen LogP) is 3.20. The van der Waals surface area contributed by atoms with E-state index in [9.17, 15) is 14.3 Å². The van der Waals surface area contributed by atoms with Crippen LogP contribution in [0.1, 0.15) is 15.9 Å². The minimum Gasteiger partial charge on any atom is -0.507 e. The first-order valence-corrected chi connectivity index (χ1v) is 5.32. The zero-order valence-electron chi connectivity index (χ0n) is 9.64. The number of aryl methyl sites for hydroxylation is 1. The third kappa shape index (κ3) is 2.18. The summed E-state index contributed by atoms with van der Waals surface area (Å²) < 4.78 is 12.9. The fourth-order valence-electron chi connectivity index (χ4n) is 1.83. The molecular weight excluding hydrogens is 235 g/mol. The first kappa shape index (κ1) is 12.1. The number of rotatable bonds is 2. The molecule has 2 rings (SSSR count). The lowest BCUT2D eigenvalue weighted by Gasteiger charge is -2.09. The lowest BCUT2D eigenvalue weighted by molar-refractivity contribution is 0.0697. The van der Waals surface area contributed by atoms with Gasteiger partial charge in [-0.25, -0.2) is 9.18 Å². The summed E-state index contributed by atoms with van der Waals surface area (Å²) in [6.07, 6.45) is 0. The molecule has 2 aromatic carbocycles. The lowest BCUT2D eigenvalue weighted by atomic mass is 9.97. The Morgan fingerprint density at radius 3 is 2.33 bits per heavy atom. The minimum atomic E-state index is -1.01. The number of carbonyl (C=O) groups is 1. The Bertz CT molecular complexity index is 620. The van der Waals surface area contributed by atoms with E-state index >= 15 is 0 Å². The molecule has 0 amide bonds. The van der Waals surface area contributed by atoms with Crippen LogP contribution in [0.4, 0.5) is 4.39 Å². The van der Waals surface area contributed by atoms with Gasteiger partial charge in [0.15, 0.2) is 0 Å². The van der Waals surface area contributed by atoms with E-state index in [1.54, 1.807) is 13.0 Å². The monoisotopic (exact) mass is 246 g/mol. The Labute approximate surface area is 103 Å². The van der Waals surface area contributed by atoms with Crippen molar-refractivity contribution in [2.45, 2.75) is 6.92 Å². The van der Waals surface area contributed by atoms with Gasteiger partial charge in [-0.05, 0) is 42.3 Å². The summed E-state index contributed by atoms with van der Waals surface area (Å²) in [6, 6.07) is 8.31. The molecule has 0 aliphatic heterocycles. The summed E-state index contributed by atoms with van der Waals surface area (Å²) in [5.41, 5.74) is 2.04. The number of phenolic OH excluding ortho intramolecular Hbond substituents is 1. The Morgan fingerprint density at radius 2 is 1.78 bits per heavy atom. The van der Waals surface area contributed by atoms with E-state index < -0.39 is 11.8 Å². The van der Waals surface area contributed by atoms with E-state index in [1.165, 1.54) is 24.3 Å². The van der Waals surface area contributed by atoms with Crippen LogP contribution in [0.25, 0.3) is 11.1 Å². The molecule has 0 saturated heterocycles. The van der Waals surface area contributed by atoms with Crippen molar-refractivity contribution in [3.8, 4) is 16.9 Å². The maximum atomic E-state index is 12.9. The van der Waals surface area contributed by atoms with Crippen LogP contribution in [0.15, 0.2) is 36.4 Å². The summed E-state index contributed by atoms with van der Waals surface area (Å²) in [7, 11) is 0. The second-order valence-corrected chi connectivity index (χ2v) is 4.00. The SMILES string of the molecule is Cc1cc(C(=O)O)ccc1-c1ccc(F)cc1O. The molecule has 4 heteroatoms. The maximum absolute atomic E-state index is 12.9. The average molecular weight is 246 g/mol. The van der Waals surface area contributed by atoms with Crippen LogP contribution in [0.5, 0.6) is 5.75 Å². The summed E-state index contributed by atoms with van der Waals surface area (Å²) >= 11 is 0. The highest BCUT2D eigenvalue weighted by Gasteiger charge is 2.10. The van der Waals surface area contributed by atoms with Crippen LogP contribution in [0.2, 0.25) is 0 Å². The van der Waals surface area contributed by atoms with Gasteiger partial charge in [-0.2, -0.15) is 0 Å². The molecule has 0 aliphatic carbocycles. The first-order chi connectivity index (χ1) is 8.49. The minimum absolute atomic E-state index is 0.166. The molecule has 2 aromatic rings. The summed E-state index contributed by atoms with van der Waals surface area (Å²) in [4.78, 5) is 10.8. The van der Waals surface area contributed by atoms with Gasteiger partial charge in [-0.3, -0.25) is 0 Å². The third-order valence-corrected chi connectivity index (χ3v) is 2.72. The van der Waals surface area contributed by atoms with Crippen molar-refractivity contribution < 1.29 is 19.4 Å². The second kappa shape index (κ2) is 4.49. The number of carboxylic acid groups (broad SMARTS) is 1. The van der Waals surface area contributed by atoms with E-state index in [0.29, 0.717) is 16.7 Å². The van der Waals surface area contributed by atoms with Crippen LogP contribution < -0.4 is 0 Å². The van der Waals surface area contributed by atoms with Crippen molar-refractivity contribution >= 4 is 5.97 Å². The van der Waals surface area contributed by atoms with Crippen molar-refractivity contribution in [1.29, 1.82) is 0 Å². The molecule has 0 heterocycles. The van der Waals surface area contributed by atoms with Gasteiger partial charge < -0.3 is 10.2 Å². The van der Waals surface area contributed by atoms with Gasteiger partial charge in [0.2, 0.25) is 0 Å². The van der Waals surface area contributed by atoms with Gasteiger partial charge >= 0.3 is 5.97 Å². The van der Waals surface area contributed by atoms with Gasteiger partial charge in [0.25, 0.3) is 0 Å². The Balaban J connectivity index is 2.54. The quantitative estimate of drug-likeness (QED) is 0.855. The fourth-order valence-corrected chi connectivity index (χ4v) is 1.83. The molecule has 0 fully saturated rings. The standard InChI is InChI=1S/C14H11FO3/c1-8-6-9(14(17)18)2-4-11(8)12-5-3-10(15)7-13(12)16/h2-7,16H,1H3,(H,17,18). The summed E-state index contributed by atoms with van der Waals surface area (Å²) in [5, 5.41) is 18.6. The molecule has 3 nitrogen and oxygen atoms in total. The van der Waals surface area contributed by atoms with E-state index in [-0.39, 0.29) is 11.3 Å². The zero-order valence-corrected chi connectivity index (χ0v) is 9.64. The number of phenols is 1. The highest BCUT2D eigenvalue weighted by molar-refractivity contribution is 5.89. The maximum Gasteiger partial charge on any atom is 0.335 e. The van der Waals surface area contributed by atoms with Crippen molar-refractivity contribution in [3.05, 3.63) is 53.3 Å². The highest BCUT2D eigenvalue weighted by Crippen LogP contribution is 2.32. The number of hydrogen-bond acceptors (Lipinski definition) is 2. The Morgan fingerprint density at radius 1 is 1.11 bits per heavy atom. The van der Waals surface area contributed by atoms with E-state index in [2.05, 4.69) is 0 Å². The molecular formula is C14H11FO3.